The Bertz CT molecular complexity index is 346. The van der Waals surface area contributed by atoms with Crippen molar-refractivity contribution >= 4 is 27.3 Å². The van der Waals surface area contributed by atoms with E-state index in [0.29, 0.717) is 0 Å². The molecule has 1 aromatic carbocycles. The van der Waals surface area contributed by atoms with Gasteiger partial charge in [-0.05, 0) is 37.0 Å². The van der Waals surface area contributed by atoms with Gasteiger partial charge in [-0.2, -0.15) is 0 Å². The number of nitrogen functional groups attached to an aromatic ring is 1. The molecule has 0 aliphatic heterocycles. The van der Waals surface area contributed by atoms with Crippen LogP contribution in [-0.4, -0.2) is 6.54 Å². The van der Waals surface area contributed by atoms with Crippen LogP contribution in [0.25, 0.3) is 0 Å². The molecule has 2 nitrogen and oxygen atoms in total. The molecule has 1 aliphatic carbocycles. The van der Waals surface area contributed by atoms with Crippen LogP contribution < -0.4 is 11.1 Å². The van der Waals surface area contributed by atoms with Crippen molar-refractivity contribution in [3.05, 3.63) is 22.7 Å². The topological polar surface area (TPSA) is 38.0 Å². The molecule has 16 heavy (non-hydrogen) atoms. The molecule has 88 valence electrons. The maximum absolute atomic E-state index is 5.94. The van der Waals surface area contributed by atoms with E-state index >= 15 is 0 Å². The summed E-state index contributed by atoms with van der Waals surface area (Å²) < 4.78 is 1.04. The lowest BCUT2D eigenvalue weighted by molar-refractivity contribution is 0.373. The number of rotatable bonds is 3. The van der Waals surface area contributed by atoms with Gasteiger partial charge in [0.1, 0.15) is 0 Å². The lowest BCUT2D eigenvalue weighted by atomic mass is 9.89. The van der Waals surface area contributed by atoms with Gasteiger partial charge in [0, 0.05) is 11.0 Å². The molecule has 0 aromatic heterocycles. The van der Waals surface area contributed by atoms with E-state index in [1.165, 1.54) is 32.1 Å². The second kappa shape index (κ2) is 5.58. The highest BCUT2D eigenvalue weighted by Gasteiger charge is 2.13. The molecule has 0 bridgehead atoms. The standard InChI is InChI=1S/C13H19BrN2/c14-11-6-7-13(12(15)8-11)16-9-10-4-2-1-3-5-10/h6-8,10,16H,1-5,9,15H2. The number of nitrogens with one attached hydrogen (secondary N) is 1. The molecule has 3 N–H and O–H groups in total. The molecule has 0 atom stereocenters. The summed E-state index contributed by atoms with van der Waals surface area (Å²) in [5.41, 5.74) is 7.83. The fraction of sp³-hybridized carbons (Fsp3) is 0.538. The van der Waals surface area contributed by atoms with Crippen LogP contribution in [-0.2, 0) is 0 Å². The van der Waals surface area contributed by atoms with Gasteiger partial charge in [-0.15, -0.1) is 0 Å². The minimum Gasteiger partial charge on any atom is -0.397 e. The summed E-state index contributed by atoms with van der Waals surface area (Å²) in [6.45, 7) is 1.06. The van der Waals surface area contributed by atoms with Gasteiger partial charge < -0.3 is 11.1 Å². The third-order valence-corrected chi connectivity index (χ3v) is 3.81. The number of benzene rings is 1. The lowest BCUT2D eigenvalue weighted by Gasteiger charge is -2.22. The Morgan fingerprint density at radius 2 is 2.00 bits per heavy atom. The predicted molar refractivity (Wildman–Crippen MR) is 73.6 cm³/mol. The number of anilines is 2. The minimum atomic E-state index is 0.824. The van der Waals surface area contributed by atoms with Crippen LogP contribution in [0.15, 0.2) is 22.7 Å². The van der Waals surface area contributed by atoms with Crippen molar-refractivity contribution in [1.82, 2.24) is 0 Å². The summed E-state index contributed by atoms with van der Waals surface area (Å²) in [6.07, 6.45) is 6.92. The third-order valence-electron chi connectivity index (χ3n) is 3.32. The maximum Gasteiger partial charge on any atom is 0.0574 e. The van der Waals surface area contributed by atoms with Crippen LogP contribution in [0.4, 0.5) is 11.4 Å². The highest BCUT2D eigenvalue weighted by Crippen LogP contribution is 2.26. The fourth-order valence-electron chi connectivity index (χ4n) is 2.34. The van der Waals surface area contributed by atoms with Crippen LogP contribution in [0.2, 0.25) is 0 Å². The van der Waals surface area contributed by atoms with Gasteiger partial charge >= 0.3 is 0 Å². The van der Waals surface area contributed by atoms with Crippen molar-refractivity contribution in [2.75, 3.05) is 17.6 Å². The first-order valence-electron chi connectivity index (χ1n) is 6.04. The van der Waals surface area contributed by atoms with E-state index in [2.05, 4.69) is 21.2 Å². The summed E-state index contributed by atoms with van der Waals surface area (Å²) in [7, 11) is 0. The number of hydrogen-bond donors (Lipinski definition) is 2. The predicted octanol–water partition coefficient (Wildman–Crippen LogP) is 4.02. The quantitative estimate of drug-likeness (QED) is 0.822. The van der Waals surface area contributed by atoms with E-state index in [1.807, 2.05) is 18.2 Å². The van der Waals surface area contributed by atoms with Crippen molar-refractivity contribution in [1.29, 1.82) is 0 Å². The van der Waals surface area contributed by atoms with Crippen molar-refractivity contribution in [2.45, 2.75) is 32.1 Å². The van der Waals surface area contributed by atoms with Gasteiger partial charge in [-0.3, -0.25) is 0 Å². The Balaban J connectivity index is 1.88. The van der Waals surface area contributed by atoms with Crippen molar-refractivity contribution in [3.63, 3.8) is 0 Å². The van der Waals surface area contributed by atoms with Gasteiger partial charge in [-0.25, -0.2) is 0 Å². The first kappa shape index (κ1) is 11.8. The summed E-state index contributed by atoms with van der Waals surface area (Å²) in [6, 6.07) is 6.02. The zero-order valence-corrected chi connectivity index (χ0v) is 11.1. The first-order valence-corrected chi connectivity index (χ1v) is 6.84. The molecule has 0 heterocycles. The van der Waals surface area contributed by atoms with E-state index in [0.717, 1.165) is 28.3 Å². The average Bonchev–Trinajstić information content (AvgIpc) is 2.29. The largest absolute Gasteiger partial charge is 0.397 e. The van der Waals surface area contributed by atoms with Gasteiger partial charge in [0.05, 0.1) is 11.4 Å². The molecular formula is C13H19BrN2. The summed E-state index contributed by atoms with van der Waals surface area (Å²) in [5.74, 6) is 0.830. The van der Waals surface area contributed by atoms with E-state index in [-0.39, 0.29) is 0 Å². The Hall–Kier alpha value is -0.700. The second-order valence-electron chi connectivity index (χ2n) is 4.62. The fourth-order valence-corrected chi connectivity index (χ4v) is 2.72. The van der Waals surface area contributed by atoms with E-state index in [4.69, 9.17) is 5.73 Å². The molecule has 1 saturated carbocycles. The number of nitrogens with two attached hydrogens (primary N) is 1. The molecular weight excluding hydrogens is 264 g/mol. The van der Waals surface area contributed by atoms with Gasteiger partial charge in [0.2, 0.25) is 0 Å². The molecule has 1 fully saturated rings. The zero-order valence-electron chi connectivity index (χ0n) is 9.51. The highest BCUT2D eigenvalue weighted by atomic mass is 79.9. The molecule has 0 radical (unpaired) electrons. The highest BCUT2D eigenvalue weighted by molar-refractivity contribution is 9.10. The van der Waals surface area contributed by atoms with Crippen molar-refractivity contribution in [3.8, 4) is 0 Å². The summed E-state index contributed by atoms with van der Waals surface area (Å²) in [5, 5.41) is 3.46. The molecule has 3 heteroatoms. The first-order chi connectivity index (χ1) is 7.75. The number of hydrogen-bond acceptors (Lipinski definition) is 2. The Kier molecular flexibility index (Phi) is 4.10. The Labute approximate surface area is 106 Å². The summed E-state index contributed by atoms with van der Waals surface area (Å²) in [4.78, 5) is 0. The van der Waals surface area contributed by atoms with E-state index in [1.54, 1.807) is 0 Å². The normalized spacial score (nSPS) is 17.3. The molecule has 0 unspecified atom stereocenters. The lowest BCUT2D eigenvalue weighted by Crippen LogP contribution is -2.17. The molecule has 2 rings (SSSR count). The maximum atomic E-state index is 5.94. The van der Waals surface area contributed by atoms with Gasteiger partial charge in [0.15, 0.2) is 0 Å². The minimum absolute atomic E-state index is 0.824. The van der Waals surface area contributed by atoms with Crippen LogP contribution in [0, 0.1) is 5.92 Å². The van der Waals surface area contributed by atoms with Gasteiger partial charge in [-0.1, -0.05) is 35.2 Å². The zero-order chi connectivity index (χ0) is 11.4. The van der Waals surface area contributed by atoms with Crippen LogP contribution >= 0.6 is 15.9 Å². The average molecular weight is 283 g/mol. The van der Waals surface area contributed by atoms with Crippen molar-refractivity contribution < 1.29 is 0 Å². The molecule has 1 aromatic rings. The number of halogens is 1. The Morgan fingerprint density at radius 3 is 2.69 bits per heavy atom. The van der Waals surface area contributed by atoms with Crippen LogP contribution in [0.1, 0.15) is 32.1 Å². The molecule has 0 saturated heterocycles. The molecule has 0 amide bonds. The Morgan fingerprint density at radius 1 is 1.25 bits per heavy atom. The third kappa shape index (κ3) is 3.14. The van der Waals surface area contributed by atoms with Gasteiger partial charge in [0.25, 0.3) is 0 Å². The van der Waals surface area contributed by atoms with E-state index < -0.39 is 0 Å². The molecule has 1 aliphatic rings. The van der Waals surface area contributed by atoms with E-state index in [9.17, 15) is 0 Å². The summed E-state index contributed by atoms with van der Waals surface area (Å²) >= 11 is 3.42. The monoisotopic (exact) mass is 282 g/mol. The van der Waals surface area contributed by atoms with Crippen LogP contribution in [0.5, 0.6) is 0 Å². The van der Waals surface area contributed by atoms with Crippen molar-refractivity contribution in [2.24, 2.45) is 5.92 Å². The SMILES string of the molecule is Nc1cc(Br)ccc1NCC1CCCCC1. The van der Waals surface area contributed by atoms with Crippen LogP contribution in [0.3, 0.4) is 0 Å². The smallest absolute Gasteiger partial charge is 0.0574 e. The second-order valence-corrected chi connectivity index (χ2v) is 5.53. The molecule has 0 spiro atoms.